The normalized spacial score (nSPS) is 10.1. The molecule has 1 N–H and O–H groups in total. The first-order chi connectivity index (χ1) is 8.63. The number of rotatable bonds is 3. The standard InChI is InChI=1S/C13H12N2O3/c1-8-6-9(10(7-15-8)13(16)17)12-11(18-2)4-3-5-14-12/h3-7H,1-2H3,(H,16,17). The molecule has 5 nitrogen and oxygen atoms in total. The van der Waals surface area contributed by atoms with Crippen LogP contribution in [0.5, 0.6) is 5.75 Å². The van der Waals surface area contributed by atoms with Crippen LogP contribution in [0, 0.1) is 6.92 Å². The van der Waals surface area contributed by atoms with Gasteiger partial charge in [0.25, 0.3) is 0 Å². The van der Waals surface area contributed by atoms with Crippen molar-refractivity contribution in [3.63, 3.8) is 0 Å². The first kappa shape index (κ1) is 12.0. The zero-order valence-corrected chi connectivity index (χ0v) is 10.0. The highest BCUT2D eigenvalue weighted by Crippen LogP contribution is 2.30. The zero-order chi connectivity index (χ0) is 13.1. The van der Waals surface area contributed by atoms with E-state index in [1.54, 1.807) is 31.3 Å². The first-order valence-corrected chi connectivity index (χ1v) is 5.33. The number of aromatic carboxylic acids is 1. The number of aromatic nitrogens is 2. The van der Waals surface area contributed by atoms with Crippen LogP contribution in [0.2, 0.25) is 0 Å². The Morgan fingerprint density at radius 3 is 2.83 bits per heavy atom. The maximum Gasteiger partial charge on any atom is 0.337 e. The van der Waals surface area contributed by atoms with Crippen molar-refractivity contribution in [1.29, 1.82) is 0 Å². The quantitative estimate of drug-likeness (QED) is 0.895. The van der Waals surface area contributed by atoms with Gasteiger partial charge >= 0.3 is 5.97 Å². The molecular weight excluding hydrogens is 232 g/mol. The lowest BCUT2D eigenvalue weighted by Crippen LogP contribution is -2.03. The topological polar surface area (TPSA) is 72.3 Å². The highest BCUT2D eigenvalue weighted by molar-refractivity contribution is 5.95. The van der Waals surface area contributed by atoms with E-state index >= 15 is 0 Å². The van der Waals surface area contributed by atoms with Crippen LogP contribution < -0.4 is 4.74 Å². The molecule has 0 aromatic carbocycles. The second-order valence-electron chi connectivity index (χ2n) is 3.73. The van der Waals surface area contributed by atoms with Gasteiger partial charge in [0.15, 0.2) is 0 Å². The number of pyridine rings is 2. The summed E-state index contributed by atoms with van der Waals surface area (Å²) in [6, 6.07) is 5.16. The summed E-state index contributed by atoms with van der Waals surface area (Å²) in [7, 11) is 1.52. The van der Waals surface area contributed by atoms with E-state index in [2.05, 4.69) is 9.97 Å². The molecule has 18 heavy (non-hydrogen) atoms. The SMILES string of the molecule is COc1cccnc1-c1cc(C)ncc1C(=O)O. The monoisotopic (exact) mass is 244 g/mol. The van der Waals surface area contributed by atoms with Crippen molar-refractivity contribution >= 4 is 5.97 Å². The zero-order valence-electron chi connectivity index (χ0n) is 10.0. The van der Waals surface area contributed by atoms with Gasteiger partial charge in [0.2, 0.25) is 0 Å². The molecule has 0 unspecified atom stereocenters. The van der Waals surface area contributed by atoms with Gasteiger partial charge in [-0.3, -0.25) is 9.97 Å². The number of carbonyl (C=O) groups is 1. The Morgan fingerprint density at radius 1 is 1.39 bits per heavy atom. The van der Waals surface area contributed by atoms with E-state index in [9.17, 15) is 9.90 Å². The van der Waals surface area contributed by atoms with Gasteiger partial charge in [-0.05, 0) is 25.1 Å². The summed E-state index contributed by atoms with van der Waals surface area (Å²) in [5.41, 5.74) is 1.84. The van der Waals surface area contributed by atoms with E-state index in [1.165, 1.54) is 13.3 Å². The van der Waals surface area contributed by atoms with E-state index in [-0.39, 0.29) is 5.56 Å². The van der Waals surface area contributed by atoms with Crippen molar-refractivity contribution in [2.75, 3.05) is 7.11 Å². The van der Waals surface area contributed by atoms with Crippen molar-refractivity contribution in [2.24, 2.45) is 0 Å². The van der Waals surface area contributed by atoms with Crippen molar-refractivity contribution in [1.82, 2.24) is 9.97 Å². The van der Waals surface area contributed by atoms with E-state index in [0.29, 0.717) is 17.0 Å². The molecule has 92 valence electrons. The van der Waals surface area contributed by atoms with Crippen LogP contribution in [-0.2, 0) is 0 Å². The van der Waals surface area contributed by atoms with Crippen LogP contribution >= 0.6 is 0 Å². The molecule has 2 heterocycles. The third kappa shape index (κ3) is 2.15. The van der Waals surface area contributed by atoms with Gasteiger partial charge in [-0.2, -0.15) is 0 Å². The number of ether oxygens (including phenoxy) is 1. The first-order valence-electron chi connectivity index (χ1n) is 5.33. The van der Waals surface area contributed by atoms with Crippen molar-refractivity contribution in [3.05, 3.63) is 41.9 Å². The maximum atomic E-state index is 11.2. The minimum absolute atomic E-state index is 0.109. The number of carboxylic acid groups (broad SMARTS) is 1. The Morgan fingerprint density at radius 2 is 2.17 bits per heavy atom. The number of aryl methyl sites for hydroxylation is 1. The number of carboxylic acids is 1. The summed E-state index contributed by atoms with van der Waals surface area (Å²) in [6.07, 6.45) is 2.93. The maximum absolute atomic E-state index is 11.2. The van der Waals surface area contributed by atoms with Crippen LogP contribution in [0.3, 0.4) is 0 Å². The van der Waals surface area contributed by atoms with Crippen molar-refractivity contribution in [2.45, 2.75) is 6.92 Å². The third-order valence-corrected chi connectivity index (χ3v) is 2.52. The van der Waals surface area contributed by atoms with Crippen LogP contribution in [0.25, 0.3) is 11.3 Å². The summed E-state index contributed by atoms with van der Waals surface area (Å²) in [4.78, 5) is 19.4. The minimum atomic E-state index is -1.04. The van der Waals surface area contributed by atoms with Crippen molar-refractivity contribution < 1.29 is 14.6 Å². The van der Waals surface area contributed by atoms with Gasteiger partial charge in [-0.15, -0.1) is 0 Å². The number of hydrogen-bond donors (Lipinski definition) is 1. The van der Waals surface area contributed by atoms with E-state index < -0.39 is 5.97 Å². The van der Waals surface area contributed by atoms with Crippen LogP contribution in [0.4, 0.5) is 0 Å². The van der Waals surface area contributed by atoms with Crippen LogP contribution in [0.1, 0.15) is 16.1 Å². The molecule has 0 aliphatic carbocycles. The van der Waals surface area contributed by atoms with Crippen molar-refractivity contribution in [3.8, 4) is 17.0 Å². The molecule has 2 rings (SSSR count). The molecule has 0 saturated carbocycles. The minimum Gasteiger partial charge on any atom is -0.494 e. The molecular formula is C13H12N2O3. The largest absolute Gasteiger partial charge is 0.494 e. The fourth-order valence-electron chi connectivity index (χ4n) is 1.68. The number of hydrogen-bond acceptors (Lipinski definition) is 4. The number of nitrogens with zero attached hydrogens (tertiary/aromatic N) is 2. The molecule has 0 fully saturated rings. The lowest BCUT2D eigenvalue weighted by molar-refractivity contribution is 0.0697. The Kier molecular flexibility index (Phi) is 3.23. The van der Waals surface area contributed by atoms with E-state index in [4.69, 9.17) is 4.74 Å². The summed E-state index contributed by atoms with van der Waals surface area (Å²) < 4.78 is 5.20. The summed E-state index contributed by atoms with van der Waals surface area (Å²) in [6.45, 7) is 1.80. The fraction of sp³-hybridized carbons (Fsp3) is 0.154. The van der Waals surface area contributed by atoms with E-state index in [0.717, 1.165) is 5.69 Å². The Labute approximate surface area is 104 Å². The Hall–Kier alpha value is -2.43. The lowest BCUT2D eigenvalue weighted by Gasteiger charge is -2.10. The van der Waals surface area contributed by atoms with Crippen LogP contribution in [-0.4, -0.2) is 28.2 Å². The fourth-order valence-corrected chi connectivity index (χ4v) is 1.68. The average Bonchev–Trinajstić information content (AvgIpc) is 2.38. The van der Waals surface area contributed by atoms with Crippen LogP contribution in [0.15, 0.2) is 30.6 Å². The van der Waals surface area contributed by atoms with Gasteiger partial charge in [-0.25, -0.2) is 4.79 Å². The molecule has 0 radical (unpaired) electrons. The lowest BCUT2D eigenvalue weighted by atomic mass is 10.0. The smallest absolute Gasteiger partial charge is 0.337 e. The predicted octanol–water partition coefficient (Wildman–Crippen LogP) is 2.16. The summed E-state index contributed by atoms with van der Waals surface area (Å²) in [5.74, 6) is -0.504. The number of methoxy groups -OCH3 is 1. The molecule has 2 aromatic rings. The Bertz CT molecular complexity index is 597. The Balaban J connectivity index is 2.69. The highest BCUT2D eigenvalue weighted by atomic mass is 16.5. The van der Waals surface area contributed by atoms with Gasteiger partial charge in [0.1, 0.15) is 11.4 Å². The summed E-state index contributed by atoms with van der Waals surface area (Å²) in [5, 5.41) is 9.17. The summed E-state index contributed by atoms with van der Waals surface area (Å²) >= 11 is 0. The molecule has 0 atom stereocenters. The van der Waals surface area contributed by atoms with Gasteiger partial charge in [0, 0.05) is 23.7 Å². The molecule has 0 spiro atoms. The second kappa shape index (κ2) is 4.83. The highest BCUT2D eigenvalue weighted by Gasteiger charge is 2.16. The van der Waals surface area contributed by atoms with Gasteiger partial charge in [-0.1, -0.05) is 0 Å². The van der Waals surface area contributed by atoms with E-state index in [1.807, 2.05) is 0 Å². The van der Waals surface area contributed by atoms with Gasteiger partial charge in [0.05, 0.1) is 12.7 Å². The molecule has 0 amide bonds. The second-order valence-corrected chi connectivity index (χ2v) is 3.73. The molecule has 2 aromatic heterocycles. The third-order valence-electron chi connectivity index (χ3n) is 2.52. The average molecular weight is 244 g/mol. The molecule has 0 saturated heterocycles. The molecule has 0 aliphatic heterocycles. The predicted molar refractivity (Wildman–Crippen MR) is 65.7 cm³/mol. The molecule has 0 bridgehead atoms. The van der Waals surface area contributed by atoms with Gasteiger partial charge < -0.3 is 9.84 Å². The molecule has 0 aliphatic rings. The molecule has 5 heteroatoms.